The Morgan fingerprint density at radius 1 is 0.840 bits per heavy atom. The number of hydrogen-bond acceptors (Lipinski definition) is 4. The lowest BCUT2D eigenvalue weighted by Gasteiger charge is -2.08. The van der Waals surface area contributed by atoms with Gasteiger partial charge in [0, 0.05) is 23.8 Å². The van der Waals surface area contributed by atoms with E-state index in [0.717, 1.165) is 16.8 Å². The van der Waals surface area contributed by atoms with E-state index < -0.39 is 10.0 Å². The average Bonchev–Trinajstić information content (AvgIpc) is 2.61. The van der Waals surface area contributed by atoms with Crippen molar-refractivity contribution >= 4 is 33.6 Å². The predicted octanol–water partition coefficient (Wildman–Crippen LogP) is 3.64. The van der Waals surface area contributed by atoms with Crippen LogP contribution in [0.15, 0.2) is 78.0 Å². The Morgan fingerprint density at radius 2 is 1.48 bits per heavy atom. The lowest BCUT2D eigenvalue weighted by molar-refractivity contribution is 0.598. The molecule has 1 aromatic heterocycles. The van der Waals surface area contributed by atoms with Gasteiger partial charge in [-0.25, -0.2) is 13.6 Å². The second kappa shape index (κ2) is 7.29. The first-order chi connectivity index (χ1) is 12.0. The van der Waals surface area contributed by atoms with Crippen LogP contribution in [0.4, 0.5) is 11.4 Å². The van der Waals surface area contributed by atoms with Gasteiger partial charge in [-0.2, -0.15) is 0 Å². The van der Waals surface area contributed by atoms with Crippen molar-refractivity contribution < 1.29 is 8.42 Å². The van der Waals surface area contributed by atoms with Gasteiger partial charge in [-0.3, -0.25) is 4.98 Å². The molecule has 0 radical (unpaired) electrons. The van der Waals surface area contributed by atoms with Crippen LogP contribution in [0.2, 0.25) is 0 Å². The zero-order valence-electron chi connectivity index (χ0n) is 13.3. The average molecular weight is 351 g/mol. The third kappa shape index (κ3) is 4.76. The fourth-order valence-electron chi connectivity index (χ4n) is 2.30. The largest absolute Gasteiger partial charge is 0.355 e. The first-order valence-electron chi connectivity index (χ1n) is 7.59. The summed E-state index contributed by atoms with van der Waals surface area (Å²) in [4.78, 5) is 4.07. The molecule has 3 rings (SSSR count). The van der Waals surface area contributed by atoms with Gasteiger partial charge in [0.15, 0.2) is 0 Å². The van der Waals surface area contributed by atoms with Crippen molar-refractivity contribution in [1.82, 2.24) is 4.98 Å². The highest BCUT2D eigenvalue weighted by Gasteiger charge is 2.07. The van der Waals surface area contributed by atoms with E-state index in [4.69, 9.17) is 5.14 Å². The molecule has 0 aliphatic rings. The third-order valence-corrected chi connectivity index (χ3v) is 4.42. The Balaban J connectivity index is 1.79. The number of nitrogens with two attached hydrogens (primary N) is 1. The summed E-state index contributed by atoms with van der Waals surface area (Å²) in [7, 11) is -3.72. The molecular formula is C19H17N3O2S. The number of hydrogen-bond donors (Lipinski definition) is 2. The minimum absolute atomic E-state index is 0.0752. The van der Waals surface area contributed by atoms with E-state index >= 15 is 0 Å². The van der Waals surface area contributed by atoms with Crippen LogP contribution in [-0.4, -0.2) is 13.4 Å². The highest BCUT2D eigenvalue weighted by Crippen LogP contribution is 2.21. The summed E-state index contributed by atoms with van der Waals surface area (Å²) in [6.07, 6.45) is 7.50. The summed E-state index contributed by atoms with van der Waals surface area (Å²) in [6, 6.07) is 18.1. The monoisotopic (exact) mass is 351 g/mol. The van der Waals surface area contributed by atoms with Crippen LogP contribution in [0, 0.1) is 0 Å². The van der Waals surface area contributed by atoms with Gasteiger partial charge in [-0.15, -0.1) is 0 Å². The Kier molecular flexibility index (Phi) is 4.92. The van der Waals surface area contributed by atoms with Gasteiger partial charge in [0.25, 0.3) is 0 Å². The van der Waals surface area contributed by atoms with Crippen LogP contribution in [0.5, 0.6) is 0 Å². The SMILES string of the molecule is NS(=O)(=O)c1cccc(Nc2cccc(C=Cc3ccncc3)c2)c1. The van der Waals surface area contributed by atoms with Crippen molar-refractivity contribution in [3.05, 3.63) is 84.2 Å². The van der Waals surface area contributed by atoms with Crippen LogP contribution in [0.3, 0.4) is 0 Å². The molecule has 0 unspecified atom stereocenters. The van der Waals surface area contributed by atoms with Gasteiger partial charge in [0.05, 0.1) is 4.90 Å². The normalized spacial score (nSPS) is 11.6. The van der Waals surface area contributed by atoms with Gasteiger partial charge in [0.2, 0.25) is 10.0 Å². The van der Waals surface area contributed by atoms with E-state index in [2.05, 4.69) is 10.3 Å². The van der Waals surface area contributed by atoms with E-state index in [-0.39, 0.29) is 4.90 Å². The Labute approximate surface area is 146 Å². The maximum atomic E-state index is 11.4. The lowest BCUT2D eigenvalue weighted by Crippen LogP contribution is -2.12. The quantitative estimate of drug-likeness (QED) is 0.735. The minimum atomic E-state index is -3.72. The zero-order valence-corrected chi connectivity index (χ0v) is 14.1. The van der Waals surface area contributed by atoms with Gasteiger partial charge in [0.1, 0.15) is 0 Å². The molecular weight excluding hydrogens is 334 g/mol. The molecule has 3 aromatic rings. The molecule has 1 heterocycles. The van der Waals surface area contributed by atoms with Crippen LogP contribution < -0.4 is 10.5 Å². The molecule has 126 valence electrons. The van der Waals surface area contributed by atoms with Crippen molar-refractivity contribution in [3.8, 4) is 0 Å². The molecule has 6 heteroatoms. The fraction of sp³-hybridized carbons (Fsp3) is 0. The van der Waals surface area contributed by atoms with Crippen molar-refractivity contribution in [2.75, 3.05) is 5.32 Å². The number of nitrogens with one attached hydrogen (secondary N) is 1. The number of nitrogens with zero attached hydrogens (tertiary/aromatic N) is 1. The van der Waals surface area contributed by atoms with E-state index in [1.165, 1.54) is 12.1 Å². The molecule has 3 N–H and O–H groups in total. The second-order valence-corrected chi connectivity index (χ2v) is 7.00. The maximum absolute atomic E-state index is 11.4. The zero-order chi connectivity index (χ0) is 17.7. The Bertz CT molecular complexity index is 1000. The molecule has 0 amide bonds. The first kappa shape index (κ1) is 16.9. The topological polar surface area (TPSA) is 85.1 Å². The van der Waals surface area contributed by atoms with E-state index in [1.54, 1.807) is 24.5 Å². The second-order valence-electron chi connectivity index (χ2n) is 5.44. The van der Waals surface area contributed by atoms with Gasteiger partial charge < -0.3 is 5.32 Å². The summed E-state index contributed by atoms with van der Waals surface area (Å²) >= 11 is 0. The van der Waals surface area contributed by atoms with Gasteiger partial charge in [-0.05, 0) is 53.6 Å². The number of pyridine rings is 1. The molecule has 0 saturated carbocycles. The first-order valence-corrected chi connectivity index (χ1v) is 9.13. The molecule has 0 spiro atoms. The van der Waals surface area contributed by atoms with Crippen LogP contribution in [0.25, 0.3) is 12.2 Å². The molecule has 5 nitrogen and oxygen atoms in total. The summed E-state index contributed by atoms with van der Waals surface area (Å²) < 4.78 is 22.9. The molecule has 0 bridgehead atoms. The van der Waals surface area contributed by atoms with Crippen LogP contribution >= 0.6 is 0 Å². The Morgan fingerprint density at radius 3 is 2.20 bits per heavy atom. The predicted molar refractivity (Wildman–Crippen MR) is 101 cm³/mol. The highest BCUT2D eigenvalue weighted by molar-refractivity contribution is 7.89. The highest BCUT2D eigenvalue weighted by atomic mass is 32.2. The van der Waals surface area contributed by atoms with Crippen LogP contribution in [0.1, 0.15) is 11.1 Å². The summed E-state index contributed by atoms with van der Waals surface area (Å²) in [5, 5.41) is 8.36. The van der Waals surface area contributed by atoms with Crippen molar-refractivity contribution in [2.24, 2.45) is 5.14 Å². The molecule has 25 heavy (non-hydrogen) atoms. The van der Waals surface area contributed by atoms with E-state index in [1.807, 2.05) is 48.6 Å². The molecule has 0 aliphatic heterocycles. The molecule has 2 aromatic carbocycles. The van der Waals surface area contributed by atoms with Gasteiger partial charge in [-0.1, -0.05) is 30.4 Å². The van der Waals surface area contributed by atoms with Crippen LogP contribution in [-0.2, 0) is 10.0 Å². The van der Waals surface area contributed by atoms with Crippen molar-refractivity contribution in [1.29, 1.82) is 0 Å². The number of sulfonamides is 1. The number of primary sulfonamides is 1. The maximum Gasteiger partial charge on any atom is 0.238 e. The number of benzene rings is 2. The number of rotatable bonds is 5. The summed E-state index contributed by atoms with van der Waals surface area (Å²) in [5.74, 6) is 0. The number of anilines is 2. The molecule has 0 fully saturated rings. The molecule has 0 aliphatic carbocycles. The van der Waals surface area contributed by atoms with E-state index in [9.17, 15) is 8.42 Å². The standard InChI is InChI=1S/C19H17N3O2S/c20-25(23,24)19-6-2-5-18(14-19)22-17-4-1-3-16(13-17)8-7-15-9-11-21-12-10-15/h1-14,22H,(H2,20,23,24). The lowest BCUT2D eigenvalue weighted by atomic mass is 10.1. The van der Waals surface area contributed by atoms with Crippen molar-refractivity contribution in [2.45, 2.75) is 4.90 Å². The molecule has 0 saturated heterocycles. The summed E-state index contributed by atoms with van der Waals surface area (Å²) in [5.41, 5.74) is 3.59. The molecule has 0 atom stereocenters. The third-order valence-electron chi connectivity index (χ3n) is 3.51. The van der Waals surface area contributed by atoms with E-state index in [0.29, 0.717) is 5.69 Å². The number of aromatic nitrogens is 1. The minimum Gasteiger partial charge on any atom is -0.355 e. The smallest absolute Gasteiger partial charge is 0.238 e. The van der Waals surface area contributed by atoms with Gasteiger partial charge >= 0.3 is 0 Å². The fourth-order valence-corrected chi connectivity index (χ4v) is 2.86. The summed E-state index contributed by atoms with van der Waals surface area (Å²) in [6.45, 7) is 0. The Hall–Kier alpha value is -2.96. The van der Waals surface area contributed by atoms with Crippen molar-refractivity contribution in [3.63, 3.8) is 0 Å².